The Morgan fingerprint density at radius 1 is 1.03 bits per heavy atom. The standard InChI is InChI=1S/C23H27N5O5S2/c1-26-8-10-27(11-9-26)23(30)33-22-19-18(34-12-15(31-2)13-35-19)21(29)28(22)16-6-4-14-5-7-17(32-3)25-20(14)24-16/h4-7,15,22H,8-13H2,1-3H3. The molecule has 1 saturated heterocycles. The normalized spacial score (nSPS) is 23.5. The third-order valence-electron chi connectivity index (χ3n) is 6.21. The highest BCUT2D eigenvalue weighted by Gasteiger charge is 2.46. The molecular formula is C23H27N5O5S2. The average Bonchev–Trinajstić information content (AvgIpc) is 3.01. The molecule has 186 valence electrons. The number of thioether (sulfide) groups is 2. The van der Waals surface area contributed by atoms with E-state index < -0.39 is 12.3 Å². The zero-order valence-electron chi connectivity index (χ0n) is 19.8. The number of ether oxygens (including phenoxy) is 3. The average molecular weight is 518 g/mol. The highest BCUT2D eigenvalue weighted by atomic mass is 32.2. The molecule has 0 bridgehead atoms. The van der Waals surface area contributed by atoms with Gasteiger partial charge >= 0.3 is 6.09 Å². The van der Waals surface area contributed by atoms with E-state index in [2.05, 4.69) is 14.9 Å². The zero-order chi connectivity index (χ0) is 24.5. The maximum atomic E-state index is 13.7. The molecule has 5 rings (SSSR count). The highest BCUT2D eigenvalue weighted by molar-refractivity contribution is 8.08. The monoisotopic (exact) mass is 517 g/mol. The lowest BCUT2D eigenvalue weighted by Crippen LogP contribution is -2.49. The van der Waals surface area contributed by atoms with Crippen molar-refractivity contribution in [2.24, 2.45) is 0 Å². The van der Waals surface area contributed by atoms with Crippen molar-refractivity contribution in [2.75, 3.05) is 63.9 Å². The number of nitrogens with zero attached hydrogens (tertiary/aromatic N) is 5. The summed E-state index contributed by atoms with van der Waals surface area (Å²) < 4.78 is 16.8. The fourth-order valence-electron chi connectivity index (χ4n) is 4.07. The Labute approximate surface area is 212 Å². The van der Waals surface area contributed by atoms with Gasteiger partial charge in [0.15, 0.2) is 5.65 Å². The molecule has 1 fully saturated rings. The van der Waals surface area contributed by atoms with Gasteiger partial charge in [0.1, 0.15) is 5.82 Å². The van der Waals surface area contributed by atoms with Crippen molar-refractivity contribution >= 4 is 52.4 Å². The molecule has 3 aliphatic rings. The first kappa shape index (κ1) is 24.2. The summed E-state index contributed by atoms with van der Waals surface area (Å²) in [6.45, 7) is 2.70. The molecule has 0 aromatic carbocycles. The van der Waals surface area contributed by atoms with Crippen LogP contribution in [0.5, 0.6) is 5.88 Å². The quantitative estimate of drug-likeness (QED) is 0.601. The van der Waals surface area contributed by atoms with Crippen molar-refractivity contribution in [3.05, 3.63) is 34.1 Å². The van der Waals surface area contributed by atoms with Gasteiger partial charge in [0.05, 0.1) is 23.0 Å². The van der Waals surface area contributed by atoms with Gasteiger partial charge in [0.2, 0.25) is 12.1 Å². The molecule has 35 heavy (non-hydrogen) atoms. The predicted molar refractivity (Wildman–Crippen MR) is 136 cm³/mol. The summed E-state index contributed by atoms with van der Waals surface area (Å²) >= 11 is 2.94. The lowest BCUT2D eigenvalue weighted by molar-refractivity contribution is -0.115. The minimum atomic E-state index is -0.895. The minimum absolute atomic E-state index is 0.00120. The Morgan fingerprint density at radius 2 is 1.77 bits per heavy atom. The van der Waals surface area contributed by atoms with Crippen molar-refractivity contribution in [1.82, 2.24) is 19.8 Å². The summed E-state index contributed by atoms with van der Waals surface area (Å²) in [5.41, 5.74) is 0.445. The van der Waals surface area contributed by atoms with Gasteiger partial charge < -0.3 is 24.0 Å². The molecule has 3 aliphatic heterocycles. The van der Waals surface area contributed by atoms with Gasteiger partial charge in [-0.25, -0.2) is 14.7 Å². The Hall–Kier alpha value is -2.54. The van der Waals surface area contributed by atoms with Crippen LogP contribution in [0.15, 0.2) is 34.1 Å². The predicted octanol–water partition coefficient (Wildman–Crippen LogP) is 2.40. The summed E-state index contributed by atoms with van der Waals surface area (Å²) in [7, 11) is 5.23. The van der Waals surface area contributed by atoms with Gasteiger partial charge in [-0.1, -0.05) is 0 Å². The van der Waals surface area contributed by atoms with Crippen LogP contribution in [0, 0.1) is 0 Å². The van der Waals surface area contributed by atoms with Crippen LogP contribution in [0.4, 0.5) is 10.6 Å². The van der Waals surface area contributed by atoms with E-state index in [1.807, 2.05) is 19.2 Å². The number of carbonyl (C=O) groups is 2. The number of carbonyl (C=O) groups excluding carboxylic acids is 2. The van der Waals surface area contributed by atoms with Gasteiger partial charge in [0.25, 0.3) is 5.91 Å². The smallest absolute Gasteiger partial charge is 0.412 e. The molecule has 2 atom stereocenters. The first-order valence-corrected chi connectivity index (χ1v) is 13.3. The molecule has 0 aliphatic carbocycles. The lowest BCUT2D eigenvalue weighted by atomic mass is 10.3. The topological polar surface area (TPSA) is 97.3 Å². The molecule has 0 saturated carbocycles. The third kappa shape index (κ3) is 4.80. The number of fused-ring (bicyclic) bond motifs is 1. The number of anilines is 1. The van der Waals surface area contributed by atoms with Crippen molar-refractivity contribution < 1.29 is 23.8 Å². The van der Waals surface area contributed by atoms with Crippen LogP contribution in [0.1, 0.15) is 0 Å². The Kier molecular flexibility index (Phi) is 7.05. The van der Waals surface area contributed by atoms with E-state index in [-0.39, 0.29) is 12.0 Å². The number of likely N-dealkylation sites (N-methyl/N-ethyl adjacent to an activating group) is 1. The van der Waals surface area contributed by atoms with E-state index in [1.54, 1.807) is 31.3 Å². The van der Waals surface area contributed by atoms with E-state index >= 15 is 0 Å². The first-order chi connectivity index (χ1) is 17.0. The highest BCUT2D eigenvalue weighted by Crippen LogP contribution is 2.45. The molecular weight excluding hydrogens is 490 g/mol. The zero-order valence-corrected chi connectivity index (χ0v) is 21.4. The van der Waals surface area contributed by atoms with Gasteiger partial charge in [-0.15, -0.1) is 23.5 Å². The van der Waals surface area contributed by atoms with Gasteiger partial charge in [-0.2, -0.15) is 4.98 Å². The second-order valence-electron chi connectivity index (χ2n) is 8.44. The molecule has 2 amide bonds. The van der Waals surface area contributed by atoms with Gasteiger partial charge in [-0.05, 0) is 25.2 Å². The molecule has 12 heteroatoms. The molecule has 0 spiro atoms. The number of amides is 2. The van der Waals surface area contributed by atoms with Crippen molar-refractivity contribution in [3.63, 3.8) is 0 Å². The van der Waals surface area contributed by atoms with E-state index in [9.17, 15) is 9.59 Å². The largest absolute Gasteiger partial charge is 0.481 e. The second kappa shape index (κ2) is 10.2. The van der Waals surface area contributed by atoms with Crippen molar-refractivity contribution in [2.45, 2.75) is 12.3 Å². The Morgan fingerprint density at radius 3 is 2.51 bits per heavy atom. The fourth-order valence-corrected chi connectivity index (χ4v) is 6.78. The van der Waals surface area contributed by atoms with Crippen molar-refractivity contribution in [3.8, 4) is 5.88 Å². The summed E-state index contributed by atoms with van der Waals surface area (Å²) in [6.07, 6.45) is -1.33. The molecule has 0 radical (unpaired) electrons. The Bertz CT molecular complexity index is 1170. The van der Waals surface area contributed by atoms with E-state index in [0.29, 0.717) is 46.8 Å². The molecule has 2 aromatic heterocycles. The Balaban J connectivity index is 1.48. The number of piperazine rings is 1. The molecule has 2 unspecified atom stereocenters. The second-order valence-corrected chi connectivity index (χ2v) is 10.5. The van der Waals surface area contributed by atoms with Gasteiger partial charge in [-0.3, -0.25) is 4.79 Å². The molecule has 10 nitrogen and oxygen atoms in total. The lowest BCUT2D eigenvalue weighted by Gasteiger charge is -2.34. The van der Waals surface area contributed by atoms with Crippen molar-refractivity contribution in [1.29, 1.82) is 0 Å². The number of methoxy groups -OCH3 is 2. The summed E-state index contributed by atoms with van der Waals surface area (Å²) in [6, 6.07) is 7.22. The van der Waals surface area contributed by atoms with Gasteiger partial charge in [0, 0.05) is 56.2 Å². The number of rotatable bonds is 4. The van der Waals surface area contributed by atoms with E-state index in [0.717, 1.165) is 23.4 Å². The van der Waals surface area contributed by atoms with Crippen LogP contribution in [0.2, 0.25) is 0 Å². The number of hydrogen-bond acceptors (Lipinski definition) is 10. The summed E-state index contributed by atoms with van der Waals surface area (Å²) in [5.74, 6) is 1.87. The maximum Gasteiger partial charge on any atom is 0.412 e. The molecule has 5 heterocycles. The number of hydrogen-bond donors (Lipinski definition) is 0. The fraction of sp³-hybridized carbons (Fsp3) is 0.478. The van der Waals surface area contributed by atoms with Crippen LogP contribution in [0.25, 0.3) is 11.0 Å². The molecule has 2 aromatic rings. The van der Waals surface area contributed by atoms with Crippen LogP contribution in [-0.4, -0.2) is 103 Å². The maximum absolute atomic E-state index is 13.7. The number of pyridine rings is 2. The third-order valence-corrected chi connectivity index (χ3v) is 8.82. The van der Waals surface area contributed by atoms with Crippen LogP contribution in [0.3, 0.4) is 0 Å². The first-order valence-electron chi connectivity index (χ1n) is 11.3. The number of aromatic nitrogens is 2. The summed E-state index contributed by atoms with van der Waals surface area (Å²) in [4.78, 5) is 42.5. The minimum Gasteiger partial charge on any atom is -0.481 e. The van der Waals surface area contributed by atoms with Crippen LogP contribution < -0.4 is 9.64 Å². The van der Waals surface area contributed by atoms with Crippen LogP contribution >= 0.6 is 23.5 Å². The SMILES string of the molecule is COc1ccc2ccc(N3C(=O)C4=C(SCC(OC)CS4)C3OC(=O)N3CCN(C)CC3)nc2n1. The summed E-state index contributed by atoms with van der Waals surface area (Å²) in [5, 5.41) is 0.813. The molecule has 0 N–H and O–H groups in total. The van der Waals surface area contributed by atoms with E-state index in [4.69, 9.17) is 14.2 Å². The van der Waals surface area contributed by atoms with Crippen LogP contribution in [-0.2, 0) is 14.3 Å². The van der Waals surface area contributed by atoms with E-state index in [1.165, 1.54) is 28.4 Å².